The van der Waals surface area contributed by atoms with Crippen LogP contribution in [0.5, 0.6) is 11.5 Å². The molecule has 1 amide bonds. The van der Waals surface area contributed by atoms with Crippen molar-refractivity contribution >= 4 is 21.6 Å². The summed E-state index contributed by atoms with van der Waals surface area (Å²) in [5.41, 5.74) is 2.81. The first-order chi connectivity index (χ1) is 14.6. The van der Waals surface area contributed by atoms with E-state index in [1.54, 1.807) is 24.3 Å². The molecule has 2 aromatic carbocycles. The second kappa shape index (κ2) is 11.0. The van der Waals surface area contributed by atoms with Gasteiger partial charge in [-0.05, 0) is 62.6 Å². The fourth-order valence-corrected chi connectivity index (χ4v) is 4.07. The van der Waals surface area contributed by atoms with Crippen LogP contribution in [0.1, 0.15) is 30.9 Å². The number of nitrogens with one attached hydrogen (secondary N) is 1. The fraction of sp³-hybridized carbons (Fsp3) is 0.435. The number of hydrogen-bond acceptors (Lipinski definition) is 5. The van der Waals surface area contributed by atoms with Crippen LogP contribution in [0.3, 0.4) is 0 Å². The lowest BCUT2D eigenvalue weighted by molar-refractivity contribution is -0.121. The first-order valence-corrected chi connectivity index (χ1v) is 12.1. The Labute approximate surface area is 185 Å². The quantitative estimate of drug-likeness (QED) is 0.569. The summed E-state index contributed by atoms with van der Waals surface area (Å²) < 4.78 is 36.9. The lowest BCUT2D eigenvalue weighted by Crippen LogP contribution is -2.37. The number of ether oxygens (including phenoxy) is 2. The SMILES string of the molecule is COc1ccccc1N(CCCC(=O)NC(C)COc1ccc(C)c(C)c1)S(C)(=O)=O. The smallest absolute Gasteiger partial charge is 0.232 e. The van der Waals surface area contributed by atoms with Gasteiger partial charge in [0.05, 0.1) is 25.1 Å². The molecule has 8 heteroatoms. The van der Waals surface area contributed by atoms with Crippen molar-refractivity contribution in [2.45, 2.75) is 39.7 Å². The number of rotatable bonds is 11. The van der Waals surface area contributed by atoms with Gasteiger partial charge in [-0.15, -0.1) is 0 Å². The number of hydrogen-bond donors (Lipinski definition) is 1. The molecule has 0 saturated carbocycles. The van der Waals surface area contributed by atoms with E-state index in [0.29, 0.717) is 24.5 Å². The van der Waals surface area contributed by atoms with Crippen LogP contribution in [-0.4, -0.2) is 46.9 Å². The molecule has 170 valence electrons. The largest absolute Gasteiger partial charge is 0.495 e. The van der Waals surface area contributed by atoms with E-state index in [2.05, 4.69) is 5.32 Å². The zero-order chi connectivity index (χ0) is 23.0. The molecule has 0 radical (unpaired) electrons. The molecule has 1 atom stereocenters. The van der Waals surface area contributed by atoms with Crippen molar-refractivity contribution in [3.05, 3.63) is 53.6 Å². The molecule has 0 aliphatic heterocycles. The third-order valence-corrected chi connectivity index (χ3v) is 6.08. The topological polar surface area (TPSA) is 84.9 Å². The normalized spacial score (nSPS) is 12.2. The van der Waals surface area contributed by atoms with Crippen LogP contribution >= 0.6 is 0 Å². The van der Waals surface area contributed by atoms with Gasteiger partial charge in [0, 0.05) is 13.0 Å². The zero-order valence-electron chi connectivity index (χ0n) is 18.8. The standard InChI is InChI=1S/C23H32N2O5S/c1-17-12-13-20(15-18(17)2)30-16-19(3)24-23(26)11-8-14-25(31(5,27)28)21-9-6-7-10-22(21)29-4/h6-7,9-10,12-13,15,19H,8,11,14,16H2,1-5H3,(H,24,26). The number of aryl methyl sites for hydroxylation is 2. The molecule has 0 bridgehead atoms. The minimum Gasteiger partial charge on any atom is -0.495 e. The van der Waals surface area contributed by atoms with E-state index in [9.17, 15) is 13.2 Å². The predicted molar refractivity (Wildman–Crippen MR) is 123 cm³/mol. The molecular formula is C23H32N2O5S. The molecule has 2 aromatic rings. The van der Waals surface area contributed by atoms with E-state index in [-0.39, 0.29) is 24.9 Å². The minimum atomic E-state index is -3.52. The summed E-state index contributed by atoms with van der Waals surface area (Å²) in [4.78, 5) is 12.3. The Morgan fingerprint density at radius 2 is 1.84 bits per heavy atom. The molecule has 0 saturated heterocycles. The van der Waals surface area contributed by atoms with Gasteiger partial charge in [-0.3, -0.25) is 9.10 Å². The van der Waals surface area contributed by atoms with Crippen LogP contribution < -0.4 is 19.1 Å². The summed E-state index contributed by atoms with van der Waals surface area (Å²) in [6, 6.07) is 12.6. The van der Waals surface area contributed by atoms with Gasteiger partial charge in [-0.2, -0.15) is 0 Å². The van der Waals surface area contributed by atoms with E-state index in [0.717, 1.165) is 17.6 Å². The van der Waals surface area contributed by atoms with Crippen LogP contribution in [0.4, 0.5) is 5.69 Å². The van der Waals surface area contributed by atoms with Gasteiger partial charge in [0.25, 0.3) is 0 Å². The monoisotopic (exact) mass is 448 g/mol. The van der Waals surface area contributed by atoms with Gasteiger partial charge in [0.1, 0.15) is 18.1 Å². The maximum absolute atomic E-state index is 12.3. The molecule has 0 spiro atoms. The Hall–Kier alpha value is -2.74. The molecule has 0 aliphatic rings. The minimum absolute atomic E-state index is 0.148. The van der Waals surface area contributed by atoms with Gasteiger partial charge in [0.15, 0.2) is 0 Å². The third-order valence-electron chi connectivity index (χ3n) is 4.90. The van der Waals surface area contributed by atoms with Crippen LogP contribution in [0.2, 0.25) is 0 Å². The highest BCUT2D eigenvalue weighted by Gasteiger charge is 2.21. The second-order valence-corrected chi connectivity index (χ2v) is 9.54. The highest BCUT2D eigenvalue weighted by Crippen LogP contribution is 2.29. The highest BCUT2D eigenvalue weighted by atomic mass is 32.2. The lowest BCUT2D eigenvalue weighted by Gasteiger charge is -2.24. The molecule has 7 nitrogen and oxygen atoms in total. The number of sulfonamides is 1. The number of carbonyl (C=O) groups excluding carboxylic acids is 1. The Balaban J connectivity index is 1.85. The van der Waals surface area contributed by atoms with Crippen LogP contribution in [0.25, 0.3) is 0 Å². The highest BCUT2D eigenvalue weighted by molar-refractivity contribution is 7.92. The summed E-state index contributed by atoms with van der Waals surface area (Å²) in [6.07, 6.45) is 1.72. The third kappa shape index (κ3) is 7.47. The first kappa shape index (κ1) is 24.5. The van der Waals surface area contributed by atoms with E-state index < -0.39 is 10.0 Å². The van der Waals surface area contributed by atoms with Gasteiger partial charge >= 0.3 is 0 Å². The second-order valence-electron chi connectivity index (χ2n) is 7.64. The zero-order valence-corrected chi connectivity index (χ0v) is 19.7. The van der Waals surface area contributed by atoms with Crippen LogP contribution in [0.15, 0.2) is 42.5 Å². The molecule has 0 aromatic heterocycles. The van der Waals surface area contributed by atoms with Crippen molar-refractivity contribution in [2.75, 3.05) is 30.8 Å². The van der Waals surface area contributed by atoms with Gasteiger partial charge in [-0.1, -0.05) is 18.2 Å². The Morgan fingerprint density at radius 1 is 1.13 bits per heavy atom. The summed E-state index contributed by atoms with van der Waals surface area (Å²) in [6.45, 7) is 6.47. The van der Waals surface area contributed by atoms with E-state index in [1.165, 1.54) is 17.0 Å². The van der Waals surface area contributed by atoms with Crippen molar-refractivity contribution in [2.24, 2.45) is 0 Å². The number of benzene rings is 2. The number of amides is 1. The van der Waals surface area contributed by atoms with Gasteiger partial charge < -0.3 is 14.8 Å². The number of carbonyl (C=O) groups is 1. The molecule has 31 heavy (non-hydrogen) atoms. The Morgan fingerprint density at radius 3 is 2.48 bits per heavy atom. The average Bonchev–Trinajstić information content (AvgIpc) is 2.71. The molecule has 0 aliphatic carbocycles. The van der Waals surface area contributed by atoms with Crippen molar-refractivity contribution in [3.63, 3.8) is 0 Å². The van der Waals surface area contributed by atoms with E-state index >= 15 is 0 Å². The van der Waals surface area contributed by atoms with Gasteiger partial charge in [0.2, 0.25) is 15.9 Å². The summed E-state index contributed by atoms with van der Waals surface area (Å²) in [7, 11) is -2.02. The number of nitrogens with zero attached hydrogens (tertiary/aromatic N) is 1. The summed E-state index contributed by atoms with van der Waals surface area (Å²) in [5, 5.41) is 2.89. The Bertz CT molecular complexity index is 991. The van der Waals surface area contributed by atoms with E-state index in [4.69, 9.17) is 9.47 Å². The van der Waals surface area contributed by atoms with Crippen molar-refractivity contribution in [1.82, 2.24) is 5.32 Å². The summed E-state index contributed by atoms with van der Waals surface area (Å²) in [5.74, 6) is 1.09. The predicted octanol–water partition coefficient (Wildman–Crippen LogP) is 3.44. The van der Waals surface area contributed by atoms with Crippen LogP contribution in [-0.2, 0) is 14.8 Å². The van der Waals surface area contributed by atoms with Crippen LogP contribution in [0, 0.1) is 13.8 Å². The molecule has 1 unspecified atom stereocenters. The van der Waals surface area contributed by atoms with Crippen molar-refractivity contribution in [1.29, 1.82) is 0 Å². The molecule has 2 rings (SSSR count). The number of para-hydroxylation sites is 2. The molecule has 0 fully saturated rings. The van der Waals surface area contributed by atoms with Gasteiger partial charge in [-0.25, -0.2) is 8.42 Å². The van der Waals surface area contributed by atoms with Crippen molar-refractivity contribution in [3.8, 4) is 11.5 Å². The van der Waals surface area contributed by atoms with E-state index in [1.807, 2.05) is 39.0 Å². The molecular weight excluding hydrogens is 416 g/mol. The molecule has 1 N–H and O–H groups in total. The lowest BCUT2D eigenvalue weighted by atomic mass is 10.1. The Kier molecular flexibility index (Phi) is 8.74. The number of methoxy groups -OCH3 is 1. The summed E-state index contributed by atoms with van der Waals surface area (Å²) >= 11 is 0. The average molecular weight is 449 g/mol. The maximum Gasteiger partial charge on any atom is 0.232 e. The fourth-order valence-electron chi connectivity index (χ4n) is 3.10. The van der Waals surface area contributed by atoms with Crippen molar-refractivity contribution < 1.29 is 22.7 Å². The first-order valence-electron chi connectivity index (χ1n) is 10.2. The maximum atomic E-state index is 12.3. The molecule has 0 heterocycles. The number of anilines is 1.